The van der Waals surface area contributed by atoms with Crippen LogP contribution in [-0.4, -0.2) is 21.3 Å². The zero-order valence-electron chi connectivity index (χ0n) is 8.76. The van der Waals surface area contributed by atoms with Crippen molar-refractivity contribution in [1.29, 1.82) is 0 Å². The first-order valence-corrected chi connectivity index (χ1v) is 5.77. The molecule has 0 fully saturated rings. The summed E-state index contributed by atoms with van der Waals surface area (Å²) in [5, 5.41) is 17.6. The molecule has 2 aromatic rings. The van der Waals surface area contributed by atoms with Gasteiger partial charge in [-0.2, -0.15) is 0 Å². The number of aryl methyl sites for hydroxylation is 1. The third-order valence-corrected chi connectivity index (χ3v) is 3.12. The average Bonchev–Trinajstić information content (AvgIpc) is 2.75. The number of nitrogens with zero attached hydrogens (tertiary/aromatic N) is 2. The van der Waals surface area contributed by atoms with Gasteiger partial charge in [-0.05, 0) is 12.1 Å². The number of carboxylic acids is 1. The van der Waals surface area contributed by atoms with Crippen molar-refractivity contribution < 1.29 is 14.3 Å². The maximum absolute atomic E-state index is 13.0. The maximum Gasteiger partial charge on any atom is 0.303 e. The summed E-state index contributed by atoms with van der Waals surface area (Å²) in [6, 6.07) is 6.07. The van der Waals surface area contributed by atoms with Crippen LogP contribution in [0.1, 0.15) is 11.4 Å². The van der Waals surface area contributed by atoms with Crippen molar-refractivity contribution in [2.24, 2.45) is 0 Å². The molecule has 1 N–H and O–H groups in total. The molecule has 0 saturated carbocycles. The Morgan fingerprint density at radius 2 is 2.24 bits per heavy atom. The maximum atomic E-state index is 13.0. The highest BCUT2D eigenvalue weighted by Crippen LogP contribution is 2.24. The third-order valence-electron chi connectivity index (χ3n) is 2.09. The van der Waals surface area contributed by atoms with Gasteiger partial charge in [0.1, 0.15) is 15.8 Å². The largest absolute Gasteiger partial charge is 0.481 e. The first kappa shape index (κ1) is 11.7. The topological polar surface area (TPSA) is 63.1 Å². The van der Waals surface area contributed by atoms with E-state index in [1.54, 1.807) is 12.1 Å². The first-order chi connectivity index (χ1) is 8.15. The lowest BCUT2D eigenvalue weighted by Crippen LogP contribution is -1.96. The molecular formula is C11H9FN2O2S. The second-order valence-corrected chi connectivity index (χ2v) is 4.47. The van der Waals surface area contributed by atoms with Gasteiger partial charge in [0, 0.05) is 12.0 Å². The van der Waals surface area contributed by atoms with Gasteiger partial charge in [0.15, 0.2) is 0 Å². The molecule has 1 aromatic heterocycles. The summed E-state index contributed by atoms with van der Waals surface area (Å²) in [4.78, 5) is 10.4. The molecule has 0 radical (unpaired) electrons. The Labute approximate surface area is 101 Å². The average molecular weight is 252 g/mol. The summed E-state index contributed by atoms with van der Waals surface area (Å²) >= 11 is 1.28. The normalized spacial score (nSPS) is 10.4. The third kappa shape index (κ3) is 3.07. The van der Waals surface area contributed by atoms with E-state index in [1.165, 1.54) is 23.5 Å². The van der Waals surface area contributed by atoms with E-state index in [0.29, 0.717) is 22.0 Å². The minimum atomic E-state index is -0.868. The van der Waals surface area contributed by atoms with Crippen LogP contribution in [-0.2, 0) is 11.2 Å². The van der Waals surface area contributed by atoms with E-state index in [9.17, 15) is 9.18 Å². The molecule has 1 heterocycles. The van der Waals surface area contributed by atoms with Gasteiger partial charge in [-0.25, -0.2) is 4.39 Å². The minimum absolute atomic E-state index is 0.0256. The molecule has 0 saturated heterocycles. The monoisotopic (exact) mass is 252 g/mol. The molecule has 0 bridgehead atoms. The summed E-state index contributed by atoms with van der Waals surface area (Å²) in [5.74, 6) is -1.20. The molecule has 88 valence electrons. The second kappa shape index (κ2) is 5.01. The molecule has 0 unspecified atom stereocenters. The van der Waals surface area contributed by atoms with Gasteiger partial charge < -0.3 is 5.11 Å². The Hall–Kier alpha value is -1.82. The molecule has 0 aliphatic rings. The van der Waals surface area contributed by atoms with Gasteiger partial charge in [-0.1, -0.05) is 23.5 Å². The number of aliphatic carboxylic acids is 1. The van der Waals surface area contributed by atoms with E-state index >= 15 is 0 Å². The highest BCUT2D eigenvalue weighted by atomic mass is 32.1. The van der Waals surface area contributed by atoms with E-state index < -0.39 is 5.97 Å². The fourth-order valence-corrected chi connectivity index (χ4v) is 2.14. The van der Waals surface area contributed by atoms with Crippen molar-refractivity contribution >= 4 is 17.3 Å². The smallest absolute Gasteiger partial charge is 0.303 e. The van der Waals surface area contributed by atoms with Crippen LogP contribution < -0.4 is 0 Å². The zero-order valence-corrected chi connectivity index (χ0v) is 9.58. The molecule has 4 nitrogen and oxygen atoms in total. The Morgan fingerprint density at radius 1 is 1.41 bits per heavy atom. The second-order valence-electron chi connectivity index (χ2n) is 3.41. The van der Waals surface area contributed by atoms with Gasteiger partial charge in [-0.15, -0.1) is 10.2 Å². The number of aromatic nitrogens is 2. The van der Waals surface area contributed by atoms with Crippen LogP contribution in [0.2, 0.25) is 0 Å². The molecule has 0 aliphatic carbocycles. The van der Waals surface area contributed by atoms with Gasteiger partial charge in [0.25, 0.3) is 0 Å². The quantitative estimate of drug-likeness (QED) is 0.907. The Bertz CT molecular complexity index is 542. The highest BCUT2D eigenvalue weighted by molar-refractivity contribution is 7.14. The number of hydrogen-bond acceptors (Lipinski definition) is 4. The Morgan fingerprint density at radius 3 is 2.94 bits per heavy atom. The SMILES string of the molecule is O=C(O)CCc1nnc(-c2cccc(F)c2)s1. The van der Waals surface area contributed by atoms with Crippen LogP contribution in [0.4, 0.5) is 4.39 Å². The number of rotatable bonds is 4. The van der Waals surface area contributed by atoms with Crippen molar-refractivity contribution in [3.05, 3.63) is 35.1 Å². The van der Waals surface area contributed by atoms with E-state index in [2.05, 4.69) is 10.2 Å². The van der Waals surface area contributed by atoms with Crippen LogP contribution in [0.5, 0.6) is 0 Å². The molecule has 0 aliphatic heterocycles. The Kier molecular flexibility index (Phi) is 3.43. The minimum Gasteiger partial charge on any atom is -0.481 e. The molecule has 0 spiro atoms. The molecule has 1 aromatic carbocycles. The molecule has 0 atom stereocenters. The van der Waals surface area contributed by atoms with Crippen LogP contribution in [0, 0.1) is 5.82 Å². The van der Waals surface area contributed by atoms with Crippen LogP contribution in [0.3, 0.4) is 0 Å². The van der Waals surface area contributed by atoms with Crippen molar-refractivity contribution in [1.82, 2.24) is 10.2 Å². The summed E-state index contributed by atoms with van der Waals surface area (Å²) < 4.78 is 13.0. The molecule has 0 amide bonds. The fourth-order valence-electron chi connectivity index (χ4n) is 1.31. The predicted molar refractivity (Wildman–Crippen MR) is 61.3 cm³/mol. The summed E-state index contributed by atoms with van der Waals surface area (Å²) in [5.41, 5.74) is 0.657. The number of hydrogen-bond donors (Lipinski definition) is 1. The van der Waals surface area contributed by atoms with E-state index in [1.807, 2.05) is 0 Å². The van der Waals surface area contributed by atoms with Crippen LogP contribution in [0.15, 0.2) is 24.3 Å². The number of halogens is 1. The summed E-state index contributed by atoms with van der Waals surface area (Å²) in [6.45, 7) is 0. The van der Waals surface area contributed by atoms with Gasteiger partial charge in [0.05, 0.1) is 6.42 Å². The predicted octanol–water partition coefficient (Wildman–Crippen LogP) is 2.36. The first-order valence-electron chi connectivity index (χ1n) is 4.95. The molecule has 6 heteroatoms. The lowest BCUT2D eigenvalue weighted by molar-refractivity contribution is -0.136. The lowest BCUT2D eigenvalue weighted by Gasteiger charge is -1.94. The van der Waals surface area contributed by atoms with Gasteiger partial charge in [0.2, 0.25) is 0 Å². The highest BCUT2D eigenvalue weighted by Gasteiger charge is 2.08. The fraction of sp³-hybridized carbons (Fsp3) is 0.182. The zero-order chi connectivity index (χ0) is 12.3. The number of benzene rings is 1. The van der Waals surface area contributed by atoms with Crippen molar-refractivity contribution in [2.75, 3.05) is 0 Å². The van der Waals surface area contributed by atoms with E-state index in [-0.39, 0.29) is 12.2 Å². The van der Waals surface area contributed by atoms with Gasteiger partial charge in [-0.3, -0.25) is 4.79 Å². The van der Waals surface area contributed by atoms with E-state index in [0.717, 1.165) is 0 Å². The number of carboxylic acid groups (broad SMARTS) is 1. The van der Waals surface area contributed by atoms with Crippen molar-refractivity contribution in [3.63, 3.8) is 0 Å². The summed E-state index contributed by atoms with van der Waals surface area (Å²) in [6.07, 6.45) is 0.375. The van der Waals surface area contributed by atoms with Gasteiger partial charge >= 0.3 is 5.97 Å². The van der Waals surface area contributed by atoms with Crippen molar-refractivity contribution in [2.45, 2.75) is 12.8 Å². The number of carbonyl (C=O) groups is 1. The van der Waals surface area contributed by atoms with Crippen LogP contribution in [0.25, 0.3) is 10.6 Å². The van der Waals surface area contributed by atoms with Crippen molar-refractivity contribution in [3.8, 4) is 10.6 Å². The Balaban J connectivity index is 2.15. The molecule has 17 heavy (non-hydrogen) atoms. The lowest BCUT2D eigenvalue weighted by atomic mass is 10.2. The molecular weight excluding hydrogens is 243 g/mol. The molecule has 2 rings (SSSR count). The van der Waals surface area contributed by atoms with E-state index in [4.69, 9.17) is 5.11 Å². The summed E-state index contributed by atoms with van der Waals surface area (Å²) in [7, 11) is 0. The standard InChI is InChI=1S/C11H9FN2O2S/c12-8-3-1-2-7(6-8)11-14-13-9(17-11)4-5-10(15)16/h1-3,6H,4-5H2,(H,15,16). The van der Waals surface area contributed by atoms with Crippen LogP contribution >= 0.6 is 11.3 Å².